The van der Waals surface area contributed by atoms with Crippen molar-refractivity contribution in [1.29, 1.82) is 0 Å². The minimum absolute atomic E-state index is 0.620. The van der Waals surface area contributed by atoms with E-state index in [1.807, 2.05) is 23.0 Å². The molecule has 0 saturated heterocycles. The van der Waals surface area contributed by atoms with Gasteiger partial charge in [-0.25, -0.2) is 0 Å². The molecule has 2 rings (SSSR count). The molecule has 0 spiro atoms. The van der Waals surface area contributed by atoms with Gasteiger partial charge < -0.3 is 5.73 Å². The van der Waals surface area contributed by atoms with Gasteiger partial charge in [-0.15, -0.1) is 0 Å². The number of nitrogens with zero attached hydrogens (tertiary/aromatic N) is 2. The highest BCUT2D eigenvalue weighted by Gasteiger charge is 2.01. The van der Waals surface area contributed by atoms with Crippen molar-refractivity contribution in [3.05, 3.63) is 42.1 Å². The summed E-state index contributed by atoms with van der Waals surface area (Å²) in [5.41, 5.74) is 8.89. The van der Waals surface area contributed by atoms with Gasteiger partial charge in [0.25, 0.3) is 0 Å². The van der Waals surface area contributed by atoms with Crippen molar-refractivity contribution in [3.8, 4) is 11.3 Å². The molecule has 78 valence electrons. The summed E-state index contributed by atoms with van der Waals surface area (Å²) in [4.78, 5) is 0. The van der Waals surface area contributed by atoms with Crippen LogP contribution >= 0.6 is 0 Å². The molecule has 1 heterocycles. The zero-order valence-electron chi connectivity index (χ0n) is 8.85. The van der Waals surface area contributed by atoms with Crippen LogP contribution in [0.25, 0.3) is 11.3 Å². The smallest absolute Gasteiger partial charge is 0.0923 e. The largest absolute Gasteiger partial charge is 0.329 e. The van der Waals surface area contributed by atoms with Gasteiger partial charge in [0.1, 0.15) is 0 Å². The molecule has 0 bridgehead atoms. The van der Waals surface area contributed by atoms with Gasteiger partial charge in [-0.1, -0.05) is 23.8 Å². The predicted octanol–water partition coefficient (Wildman–Crippen LogP) is 1.82. The average Bonchev–Trinajstić information content (AvgIpc) is 2.67. The molecule has 0 radical (unpaired) electrons. The molecule has 2 N–H and O–H groups in total. The summed E-state index contributed by atoms with van der Waals surface area (Å²) in [5, 5.41) is 4.45. The van der Waals surface area contributed by atoms with Crippen molar-refractivity contribution in [2.24, 2.45) is 5.73 Å². The first-order chi connectivity index (χ1) is 7.29. The van der Waals surface area contributed by atoms with E-state index in [0.717, 1.165) is 17.8 Å². The summed E-state index contributed by atoms with van der Waals surface area (Å²) in [6, 6.07) is 10.4. The van der Waals surface area contributed by atoms with Gasteiger partial charge in [0, 0.05) is 18.3 Å². The molecule has 3 heteroatoms. The van der Waals surface area contributed by atoms with Gasteiger partial charge in [0.2, 0.25) is 0 Å². The average molecular weight is 201 g/mol. The van der Waals surface area contributed by atoms with Gasteiger partial charge in [-0.2, -0.15) is 5.10 Å². The van der Waals surface area contributed by atoms with Crippen LogP contribution in [0.15, 0.2) is 36.5 Å². The Morgan fingerprint density at radius 3 is 2.93 bits per heavy atom. The number of aryl methyl sites for hydroxylation is 1. The summed E-state index contributed by atoms with van der Waals surface area (Å²) in [7, 11) is 0. The van der Waals surface area contributed by atoms with Gasteiger partial charge in [-0.05, 0) is 19.1 Å². The monoisotopic (exact) mass is 201 g/mol. The van der Waals surface area contributed by atoms with Crippen molar-refractivity contribution in [2.45, 2.75) is 13.5 Å². The van der Waals surface area contributed by atoms with E-state index in [1.165, 1.54) is 5.56 Å². The molecule has 0 aliphatic heterocycles. The SMILES string of the molecule is Cc1cccc(-c2ccn(CCN)n2)c1. The zero-order chi connectivity index (χ0) is 10.7. The van der Waals surface area contributed by atoms with E-state index in [1.54, 1.807) is 0 Å². The Kier molecular flexibility index (Phi) is 2.83. The Balaban J connectivity index is 2.29. The van der Waals surface area contributed by atoms with Crippen molar-refractivity contribution in [1.82, 2.24) is 9.78 Å². The molecular formula is C12H15N3. The lowest BCUT2D eigenvalue weighted by molar-refractivity contribution is 0.627. The fourth-order valence-corrected chi connectivity index (χ4v) is 1.58. The molecule has 0 fully saturated rings. The van der Waals surface area contributed by atoms with Crippen LogP contribution in [0.5, 0.6) is 0 Å². The molecule has 0 aliphatic rings. The quantitative estimate of drug-likeness (QED) is 0.823. The first-order valence-corrected chi connectivity index (χ1v) is 5.10. The van der Waals surface area contributed by atoms with Crippen LogP contribution in [0, 0.1) is 6.92 Å². The standard InChI is InChI=1S/C12H15N3/c1-10-3-2-4-11(9-10)12-5-7-15(14-12)8-6-13/h2-5,7,9H,6,8,13H2,1H3. The van der Waals surface area contributed by atoms with Gasteiger partial charge in [0.15, 0.2) is 0 Å². The molecular weight excluding hydrogens is 186 g/mol. The number of hydrogen-bond acceptors (Lipinski definition) is 2. The third-order valence-electron chi connectivity index (χ3n) is 2.31. The number of rotatable bonds is 3. The first kappa shape index (κ1) is 9.93. The number of aromatic nitrogens is 2. The maximum absolute atomic E-state index is 5.47. The maximum atomic E-state index is 5.47. The fraction of sp³-hybridized carbons (Fsp3) is 0.250. The van der Waals surface area contributed by atoms with E-state index >= 15 is 0 Å². The van der Waals surface area contributed by atoms with Crippen molar-refractivity contribution >= 4 is 0 Å². The lowest BCUT2D eigenvalue weighted by Crippen LogP contribution is -2.09. The third kappa shape index (κ3) is 2.25. The summed E-state index contributed by atoms with van der Waals surface area (Å²) >= 11 is 0. The molecule has 0 saturated carbocycles. The second-order valence-corrected chi connectivity index (χ2v) is 3.62. The Morgan fingerprint density at radius 2 is 2.20 bits per heavy atom. The van der Waals surface area contributed by atoms with E-state index in [9.17, 15) is 0 Å². The van der Waals surface area contributed by atoms with Gasteiger partial charge >= 0.3 is 0 Å². The molecule has 0 aliphatic carbocycles. The summed E-state index contributed by atoms with van der Waals surface area (Å²) in [6.07, 6.45) is 1.96. The summed E-state index contributed by atoms with van der Waals surface area (Å²) in [6.45, 7) is 3.47. The molecule has 15 heavy (non-hydrogen) atoms. The van der Waals surface area contributed by atoms with Crippen LogP contribution in [0.3, 0.4) is 0 Å². The molecule has 1 aromatic carbocycles. The van der Waals surface area contributed by atoms with Gasteiger partial charge in [0.05, 0.1) is 12.2 Å². The van der Waals surface area contributed by atoms with Crippen LogP contribution in [0.2, 0.25) is 0 Å². The molecule has 0 unspecified atom stereocenters. The lowest BCUT2D eigenvalue weighted by atomic mass is 10.1. The highest BCUT2D eigenvalue weighted by atomic mass is 15.3. The summed E-state index contributed by atoms with van der Waals surface area (Å²) < 4.78 is 1.87. The van der Waals surface area contributed by atoms with Crippen LogP contribution in [0.1, 0.15) is 5.56 Å². The Bertz CT molecular complexity index is 446. The second-order valence-electron chi connectivity index (χ2n) is 3.62. The molecule has 3 nitrogen and oxygen atoms in total. The van der Waals surface area contributed by atoms with E-state index in [4.69, 9.17) is 5.73 Å². The molecule has 0 atom stereocenters. The first-order valence-electron chi connectivity index (χ1n) is 5.10. The van der Waals surface area contributed by atoms with E-state index in [0.29, 0.717) is 6.54 Å². The normalized spacial score (nSPS) is 10.5. The highest BCUT2D eigenvalue weighted by molar-refractivity contribution is 5.59. The maximum Gasteiger partial charge on any atom is 0.0923 e. The number of hydrogen-bond donors (Lipinski definition) is 1. The van der Waals surface area contributed by atoms with E-state index in [-0.39, 0.29) is 0 Å². The Morgan fingerprint density at radius 1 is 1.33 bits per heavy atom. The number of nitrogens with two attached hydrogens (primary N) is 1. The van der Waals surface area contributed by atoms with Crippen LogP contribution < -0.4 is 5.73 Å². The van der Waals surface area contributed by atoms with E-state index < -0.39 is 0 Å². The van der Waals surface area contributed by atoms with Crippen LogP contribution in [0.4, 0.5) is 0 Å². The molecule has 0 amide bonds. The fourth-order valence-electron chi connectivity index (χ4n) is 1.58. The molecule has 1 aromatic heterocycles. The second kappa shape index (κ2) is 4.28. The van der Waals surface area contributed by atoms with Crippen molar-refractivity contribution < 1.29 is 0 Å². The van der Waals surface area contributed by atoms with Gasteiger partial charge in [-0.3, -0.25) is 4.68 Å². The number of benzene rings is 1. The minimum atomic E-state index is 0.620. The Labute approximate surface area is 89.5 Å². The topological polar surface area (TPSA) is 43.8 Å². The zero-order valence-corrected chi connectivity index (χ0v) is 8.85. The van der Waals surface area contributed by atoms with Crippen LogP contribution in [-0.2, 0) is 6.54 Å². The highest BCUT2D eigenvalue weighted by Crippen LogP contribution is 2.17. The molecule has 2 aromatic rings. The van der Waals surface area contributed by atoms with E-state index in [2.05, 4.69) is 30.2 Å². The van der Waals surface area contributed by atoms with Crippen molar-refractivity contribution in [2.75, 3.05) is 6.54 Å². The lowest BCUT2D eigenvalue weighted by Gasteiger charge is -1.99. The minimum Gasteiger partial charge on any atom is -0.329 e. The predicted molar refractivity (Wildman–Crippen MR) is 61.5 cm³/mol. The summed E-state index contributed by atoms with van der Waals surface area (Å²) in [5.74, 6) is 0. The van der Waals surface area contributed by atoms with Crippen molar-refractivity contribution in [3.63, 3.8) is 0 Å². The van der Waals surface area contributed by atoms with Crippen LogP contribution in [-0.4, -0.2) is 16.3 Å². The Hall–Kier alpha value is -1.61. The third-order valence-corrected chi connectivity index (χ3v) is 2.31.